The molecule has 0 radical (unpaired) electrons. The average molecular weight is 510 g/mol. The fourth-order valence-electron chi connectivity index (χ4n) is 3.97. The molecule has 188 valence electrons. The number of nitrogens with one attached hydrogen (secondary N) is 2. The van der Waals surface area contributed by atoms with Gasteiger partial charge in [-0.1, -0.05) is 23.7 Å². The highest BCUT2D eigenvalue weighted by atomic mass is 35.5. The number of benzene rings is 2. The Bertz CT molecular complexity index is 1250. The van der Waals surface area contributed by atoms with Crippen molar-refractivity contribution in [3.63, 3.8) is 0 Å². The van der Waals surface area contributed by atoms with Gasteiger partial charge in [-0.3, -0.25) is 23.9 Å². The van der Waals surface area contributed by atoms with Crippen molar-refractivity contribution in [2.45, 2.75) is 0 Å². The molecule has 0 bridgehead atoms. The molecule has 0 aliphatic carbocycles. The zero-order chi connectivity index (χ0) is 25.7. The molecule has 1 aliphatic rings. The van der Waals surface area contributed by atoms with Crippen molar-refractivity contribution in [2.75, 3.05) is 51.6 Å². The first-order chi connectivity index (χ1) is 17.3. The number of carbonyl (C=O) groups excluding carboxylic acids is 3. The third kappa shape index (κ3) is 5.91. The van der Waals surface area contributed by atoms with E-state index >= 15 is 0 Å². The van der Waals surface area contributed by atoms with E-state index in [9.17, 15) is 14.4 Å². The van der Waals surface area contributed by atoms with E-state index in [1.54, 1.807) is 48.5 Å². The topological polar surface area (TPSA) is 126 Å². The Balaban J connectivity index is 1.46. The standard InChI is InChI=1S/C25H28ClN7O3/c1-31-12-14-32(15-13-31)11-10-28-25(36)22-21(23(27)34)29-16-33(22)18-8-6-17(7-9-18)30-24(35)19-4-2-3-5-20(19)26/h2-9,16H,10-15H2,1H3,(H2,27,34)(H,28,36)(H,30,35). The molecule has 1 fully saturated rings. The largest absolute Gasteiger partial charge is 0.364 e. The summed E-state index contributed by atoms with van der Waals surface area (Å²) in [7, 11) is 2.09. The van der Waals surface area contributed by atoms with E-state index in [-0.39, 0.29) is 17.3 Å². The van der Waals surface area contributed by atoms with Gasteiger partial charge in [0, 0.05) is 50.6 Å². The number of aromatic nitrogens is 2. The summed E-state index contributed by atoms with van der Waals surface area (Å²) in [5.74, 6) is -1.57. The number of nitrogens with zero attached hydrogens (tertiary/aromatic N) is 4. The van der Waals surface area contributed by atoms with Crippen molar-refractivity contribution >= 4 is 35.0 Å². The van der Waals surface area contributed by atoms with Gasteiger partial charge in [0.2, 0.25) is 0 Å². The molecule has 2 aromatic carbocycles. The number of hydrogen-bond acceptors (Lipinski definition) is 6. The zero-order valence-corrected chi connectivity index (χ0v) is 20.7. The molecule has 36 heavy (non-hydrogen) atoms. The third-order valence-corrected chi connectivity index (χ3v) is 6.38. The van der Waals surface area contributed by atoms with Crippen LogP contribution >= 0.6 is 11.6 Å². The van der Waals surface area contributed by atoms with Crippen LogP contribution in [0.1, 0.15) is 31.3 Å². The Morgan fingerprint density at radius 1 is 1.00 bits per heavy atom. The van der Waals surface area contributed by atoms with E-state index in [0.717, 1.165) is 26.2 Å². The molecule has 2 heterocycles. The molecule has 3 amide bonds. The molecule has 4 N–H and O–H groups in total. The van der Waals surface area contributed by atoms with Gasteiger partial charge in [-0.15, -0.1) is 0 Å². The predicted molar refractivity (Wildman–Crippen MR) is 138 cm³/mol. The van der Waals surface area contributed by atoms with E-state index in [1.807, 2.05) is 0 Å². The predicted octanol–water partition coefficient (Wildman–Crippen LogP) is 1.85. The Morgan fingerprint density at radius 2 is 1.69 bits per heavy atom. The van der Waals surface area contributed by atoms with Crippen molar-refractivity contribution in [2.24, 2.45) is 5.73 Å². The van der Waals surface area contributed by atoms with Crippen LogP contribution in [0.2, 0.25) is 5.02 Å². The van der Waals surface area contributed by atoms with Gasteiger partial charge in [0.05, 0.1) is 10.6 Å². The molecule has 10 nitrogen and oxygen atoms in total. The normalized spacial score (nSPS) is 14.4. The Kier molecular flexibility index (Phi) is 7.99. The first-order valence-corrected chi connectivity index (χ1v) is 11.9. The summed E-state index contributed by atoms with van der Waals surface area (Å²) in [5.41, 5.74) is 6.92. The van der Waals surface area contributed by atoms with Gasteiger partial charge >= 0.3 is 0 Å². The number of hydrogen-bond donors (Lipinski definition) is 3. The molecule has 1 saturated heterocycles. The van der Waals surface area contributed by atoms with E-state index in [0.29, 0.717) is 35.1 Å². The fraction of sp³-hybridized carbons (Fsp3) is 0.280. The lowest BCUT2D eigenvalue weighted by Crippen LogP contribution is -2.47. The van der Waals surface area contributed by atoms with Crippen molar-refractivity contribution in [1.82, 2.24) is 24.7 Å². The zero-order valence-electron chi connectivity index (χ0n) is 19.9. The molecule has 1 aliphatic heterocycles. The number of amides is 3. The van der Waals surface area contributed by atoms with Crippen LogP contribution < -0.4 is 16.4 Å². The molecular formula is C25H28ClN7O3. The number of rotatable bonds is 8. The maximum absolute atomic E-state index is 13.0. The summed E-state index contributed by atoms with van der Waals surface area (Å²) in [6, 6.07) is 13.5. The van der Waals surface area contributed by atoms with Crippen LogP contribution in [0.5, 0.6) is 0 Å². The van der Waals surface area contributed by atoms with Gasteiger partial charge in [0.25, 0.3) is 17.7 Å². The maximum Gasteiger partial charge on any atom is 0.270 e. The molecule has 4 rings (SSSR count). The molecule has 3 aromatic rings. The number of likely N-dealkylation sites (N-methyl/N-ethyl adjacent to an activating group) is 1. The highest BCUT2D eigenvalue weighted by molar-refractivity contribution is 6.34. The fourth-order valence-corrected chi connectivity index (χ4v) is 4.19. The molecule has 1 aromatic heterocycles. The van der Waals surface area contributed by atoms with E-state index in [4.69, 9.17) is 17.3 Å². The number of nitrogens with two attached hydrogens (primary N) is 1. The highest BCUT2D eigenvalue weighted by Crippen LogP contribution is 2.20. The highest BCUT2D eigenvalue weighted by Gasteiger charge is 2.23. The number of imidazole rings is 1. The van der Waals surface area contributed by atoms with Crippen molar-refractivity contribution < 1.29 is 14.4 Å². The molecule has 11 heteroatoms. The lowest BCUT2D eigenvalue weighted by atomic mass is 10.2. The maximum atomic E-state index is 13.0. The minimum absolute atomic E-state index is 0.0636. The van der Waals surface area contributed by atoms with Crippen molar-refractivity contribution in [3.8, 4) is 5.69 Å². The van der Waals surface area contributed by atoms with Crippen LogP contribution in [0.4, 0.5) is 5.69 Å². The molecule has 0 spiro atoms. The summed E-state index contributed by atoms with van der Waals surface area (Å²) in [5, 5.41) is 6.02. The number of carbonyl (C=O) groups is 3. The summed E-state index contributed by atoms with van der Waals surface area (Å²) in [6.45, 7) is 4.99. The third-order valence-electron chi connectivity index (χ3n) is 6.05. The van der Waals surface area contributed by atoms with Crippen LogP contribution in [0.25, 0.3) is 5.69 Å². The van der Waals surface area contributed by atoms with Crippen molar-refractivity contribution in [1.29, 1.82) is 0 Å². The number of primary amides is 1. The number of halogens is 1. The lowest BCUT2D eigenvalue weighted by Gasteiger charge is -2.32. The number of anilines is 1. The summed E-state index contributed by atoms with van der Waals surface area (Å²) in [4.78, 5) is 46.1. The van der Waals surface area contributed by atoms with E-state index in [1.165, 1.54) is 10.9 Å². The summed E-state index contributed by atoms with van der Waals surface area (Å²) in [6.07, 6.45) is 1.38. The minimum Gasteiger partial charge on any atom is -0.364 e. The van der Waals surface area contributed by atoms with Crippen LogP contribution in [0, 0.1) is 0 Å². The molecular weight excluding hydrogens is 482 g/mol. The van der Waals surface area contributed by atoms with Gasteiger partial charge in [-0.25, -0.2) is 4.98 Å². The Morgan fingerprint density at radius 3 is 2.36 bits per heavy atom. The Labute approximate surface area is 214 Å². The SMILES string of the molecule is CN1CCN(CCNC(=O)c2c(C(N)=O)ncn2-c2ccc(NC(=O)c3ccccc3Cl)cc2)CC1. The minimum atomic E-state index is -0.790. The van der Waals surface area contributed by atoms with E-state index in [2.05, 4.69) is 32.5 Å². The van der Waals surface area contributed by atoms with Crippen LogP contribution in [0.3, 0.4) is 0 Å². The smallest absolute Gasteiger partial charge is 0.270 e. The summed E-state index contributed by atoms with van der Waals surface area (Å²) < 4.78 is 1.50. The van der Waals surface area contributed by atoms with Crippen LogP contribution in [-0.2, 0) is 0 Å². The molecule has 0 atom stereocenters. The van der Waals surface area contributed by atoms with Gasteiger partial charge in [-0.2, -0.15) is 0 Å². The number of piperazine rings is 1. The Hall–Kier alpha value is -3.73. The van der Waals surface area contributed by atoms with Gasteiger partial charge in [0.15, 0.2) is 5.69 Å². The first kappa shape index (κ1) is 25.4. The monoisotopic (exact) mass is 509 g/mol. The second kappa shape index (κ2) is 11.3. The van der Waals surface area contributed by atoms with Gasteiger partial charge < -0.3 is 21.3 Å². The second-order valence-electron chi connectivity index (χ2n) is 8.56. The molecule has 0 saturated carbocycles. The van der Waals surface area contributed by atoms with Crippen LogP contribution in [0.15, 0.2) is 54.9 Å². The van der Waals surface area contributed by atoms with Crippen molar-refractivity contribution in [3.05, 3.63) is 76.8 Å². The lowest BCUT2D eigenvalue weighted by molar-refractivity contribution is 0.0918. The second-order valence-corrected chi connectivity index (χ2v) is 8.96. The average Bonchev–Trinajstić information content (AvgIpc) is 3.32. The van der Waals surface area contributed by atoms with Crippen LogP contribution in [-0.4, -0.2) is 83.4 Å². The first-order valence-electron chi connectivity index (χ1n) is 11.6. The van der Waals surface area contributed by atoms with E-state index < -0.39 is 11.8 Å². The van der Waals surface area contributed by atoms with Gasteiger partial charge in [-0.05, 0) is 43.4 Å². The molecule has 0 unspecified atom stereocenters. The quantitative estimate of drug-likeness (QED) is 0.425. The summed E-state index contributed by atoms with van der Waals surface area (Å²) >= 11 is 6.10. The van der Waals surface area contributed by atoms with Gasteiger partial charge in [0.1, 0.15) is 12.0 Å².